The molecule has 0 unspecified atom stereocenters. The molecule has 0 saturated heterocycles. The van der Waals surface area contributed by atoms with Gasteiger partial charge in [-0.25, -0.2) is 4.98 Å². The summed E-state index contributed by atoms with van der Waals surface area (Å²) < 4.78 is 5.86. The lowest BCUT2D eigenvalue weighted by Crippen LogP contribution is -2.10. The van der Waals surface area contributed by atoms with Gasteiger partial charge in [0.2, 0.25) is 0 Å². The molecule has 1 heterocycles. The fourth-order valence-electron chi connectivity index (χ4n) is 3.38. The van der Waals surface area contributed by atoms with Crippen LogP contribution in [-0.4, -0.2) is 16.6 Å². The first-order valence-corrected chi connectivity index (χ1v) is 10.2. The highest BCUT2D eigenvalue weighted by atomic mass is 16.5. The Hall–Kier alpha value is -3.66. The highest BCUT2D eigenvalue weighted by Gasteiger charge is 2.12. The number of aromatic amines is 1. The van der Waals surface area contributed by atoms with Crippen molar-refractivity contribution in [2.45, 2.75) is 19.8 Å². The summed E-state index contributed by atoms with van der Waals surface area (Å²) >= 11 is 0. The van der Waals surface area contributed by atoms with Crippen LogP contribution in [0.15, 0.2) is 83.7 Å². The third-order valence-corrected chi connectivity index (χ3v) is 4.87. The summed E-state index contributed by atoms with van der Waals surface area (Å²) in [6.45, 7) is 2.68. The molecule has 1 N–H and O–H groups in total. The van der Waals surface area contributed by atoms with Crippen molar-refractivity contribution in [1.82, 2.24) is 9.97 Å². The van der Waals surface area contributed by atoms with Crippen LogP contribution >= 0.6 is 0 Å². The number of nitrogens with one attached hydrogen (secondary N) is 1. The summed E-state index contributed by atoms with van der Waals surface area (Å²) in [7, 11) is 0. The van der Waals surface area contributed by atoms with Crippen molar-refractivity contribution in [2.24, 2.45) is 0 Å². The summed E-state index contributed by atoms with van der Waals surface area (Å²) in [6.07, 6.45) is 5.86. The van der Waals surface area contributed by atoms with E-state index >= 15 is 0 Å². The topological polar surface area (TPSA) is 55.0 Å². The molecule has 4 aromatic rings. The number of nitrogens with zero attached hydrogens (tertiary/aromatic N) is 1. The number of H-pyrrole nitrogens is 1. The quantitative estimate of drug-likeness (QED) is 0.440. The molecule has 0 amide bonds. The van der Waals surface area contributed by atoms with Gasteiger partial charge in [-0.2, -0.15) is 0 Å². The number of para-hydroxylation sites is 2. The second-order valence-electron chi connectivity index (χ2n) is 7.09. The first-order chi connectivity index (χ1) is 14.8. The molecule has 0 aliphatic carbocycles. The Balaban J connectivity index is 1.74. The molecule has 0 aliphatic heterocycles. The van der Waals surface area contributed by atoms with Gasteiger partial charge in [-0.15, -0.1) is 0 Å². The number of allylic oxidation sites excluding steroid dienone is 1. The van der Waals surface area contributed by atoms with E-state index < -0.39 is 0 Å². The maximum Gasteiger partial charge on any atom is 0.259 e. The zero-order valence-corrected chi connectivity index (χ0v) is 17.0. The predicted octanol–water partition coefficient (Wildman–Crippen LogP) is 5.63. The lowest BCUT2D eigenvalue weighted by atomic mass is 10.1. The van der Waals surface area contributed by atoms with E-state index in [1.54, 1.807) is 6.07 Å². The van der Waals surface area contributed by atoms with Crippen LogP contribution in [0.4, 0.5) is 0 Å². The number of hydrogen-bond donors (Lipinski definition) is 1. The lowest BCUT2D eigenvalue weighted by Gasteiger charge is -2.11. The largest absolute Gasteiger partial charge is 0.493 e. The van der Waals surface area contributed by atoms with E-state index in [9.17, 15) is 4.79 Å². The number of ether oxygens (including phenoxy) is 1. The highest BCUT2D eigenvalue weighted by Crippen LogP contribution is 2.28. The molecule has 0 radical (unpaired) electrons. The van der Waals surface area contributed by atoms with Crippen LogP contribution in [0, 0.1) is 0 Å². The third kappa shape index (κ3) is 4.33. The number of rotatable bonds is 7. The zero-order chi connectivity index (χ0) is 20.8. The Labute approximate surface area is 175 Å². The van der Waals surface area contributed by atoms with Crippen molar-refractivity contribution in [2.75, 3.05) is 6.61 Å². The molecule has 4 heteroatoms. The lowest BCUT2D eigenvalue weighted by molar-refractivity contribution is 0.318. The predicted molar refractivity (Wildman–Crippen MR) is 123 cm³/mol. The molecule has 30 heavy (non-hydrogen) atoms. The van der Waals surface area contributed by atoms with Crippen molar-refractivity contribution >= 4 is 17.0 Å². The van der Waals surface area contributed by atoms with E-state index in [1.165, 1.54) is 5.56 Å². The van der Waals surface area contributed by atoms with Gasteiger partial charge in [-0.05, 0) is 36.6 Å². The van der Waals surface area contributed by atoms with Crippen LogP contribution in [0.3, 0.4) is 0 Å². The fourth-order valence-corrected chi connectivity index (χ4v) is 3.38. The summed E-state index contributed by atoms with van der Waals surface area (Å²) in [5.74, 6) is 1.24. The van der Waals surface area contributed by atoms with E-state index in [-0.39, 0.29) is 5.56 Å². The average Bonchev–Trinajstić information content (AvgIpc) is 2.79. The molecule has 0 spiro atoms. The molecule has 0 fully saturated rings. The van der Waals surface area contributed by atoms with Crippen LogP contribution in [0.25, 0.3) is 28.4 Å². The van der Waals surface area contributed by atoms with Gasteiger partial charge < -0.3 is 9.72 Å². The van der Waals surface area contributed by atoms with Gasteiger partial charge in [0.1, 0.15) is 11.6 Å². The Bertz CT molecular complexity index is 1230. The Morgan fingerprint density at radius 2 is 1.77 bits per heavy atom. The standard InChI is InChI=1S/C26H24N2O2/c1-2-18-30-23-17-7-6-15-21(23)25-27-24-20(14-9-16-22(24)26(29)28-25)13-8-12-19-10-4-3-5-11-19/h3-11,13-17H,2,12,18H2,1H3,(H,27,28,29). The Morgan fingerprint density at radius 1 is 0.967 bits per heavy atom. The van der Waals surface area contributed by atoms with Crippen LogP contribution in [0.2, 0.25) is 0 Å². The van der Waals surface area contributed by atoms with E-state index in [2.05, 4.69) is 30.1 Å². The van der Waals surface area contributed by atoms with Gasteiger partial charge in [-0.3, -0.25) is 4.79 Å². The summed E-state index contributed by atoms with van der Waals surface area (Å²) in [6, 6.07) is 23.6. The summed E-state index contributed by atoms with van der Waals surface area (Å²) in [4.78, 5) is 20.5. The number of aromatic nitrogens is 2. The van der Waals surface area contributed by atoms with Crippen molar-refractivity contribution in [3.8, 4) is 17.1 Å². The molecule has 0 atom stereocenters. The molecule has 1 aromatic heterocycles. The average molecular weight is 396 g/mol. The fraction of sp³-hybridized carbons (Fsp3) is 0.154. The second kappa shape index (κ2) is 9.23. The van der Waals surface area contributed by atoms with E-state index in [1.807, 2.05) is 60.7 Å². The first kappa shape index (κ1) is 19.6. The number of fused-ring (bicyclic) bond motifs is 1. The minimum Gasteiger partial charge on any atom is -0.493 e. The van der Waals surface area contributed by atoms with Gasteiger partial charge in [-0.1, -0.05) is 73.7 Å². The molecule has 0 bridgehead atoms. The second-order valence-corrected chi connectivity index (χ2v) is 7.09. The highest BCUT2D eigenvalue weighted by molar-refractivity contribution is 5.88. The Morgan fingerprint density at radius 3 is 2.60 bits per heavy atom. The van der Waals surface area contributed by atoms with Gasteiger partial charge in [0.25, 0.3) is 5.56 Å². The molecule has 0 saturated carbocycles. The van der Waals surface area contributed by atoms with E-state index in [4.69, 9.17) is 9.72 Å². The molecular formula is C26H24N2O2. The molecule has 4 rings (SSSR count). The van der Waals surface area contributed by atoms with Gasteiger partial charge >= 0.3 is 0 Å². The zero-order valence-electron chi connectivity index (χ0n) is 17.0. The van der Waals surface area contributed by atoms with Crippen LogP contribution in [0.5, 0.6) is 5.75 Å². The van der Waals surface area contributed by atoms with Crippen LogP contribution in [0.1, 0.15) is 24.5 Å². The minimum absolute atomic E-state index is 0.154. The first-order valence-electron chi connectivity index (χ1n) is 10.2. The van der Waals surface area contributed by atoms with Crippen molar-refractivity contribution in [3.05, 3.63) is 100 Å². The normalized spacial score (nSPS) is 11.2. The number of benzene rings is 3. The van der Waals surface area contributed by atoms with Gasteiger partial charge in [0.05, 0.1) is 23.1 Å². The maximum absolute atomic E-state index is 12.8. The number of hydrogen-bond acceptors (Lipinski definition) is 3. The van der Waals surface area contributed by atoms with Crippen molar-refractivity contribution < 1.29 is 4.74 Å². The molecule has 150 valence electrons. The SMILES string of the molecule is CCCOc1ccccc1-c1nc2c(C=CCc3ccccc3)cccc2c(=O)[nH]1. The molecule has 0 aliphatic rings. The van der Waals surface area contributed by atoms with Crippen LogP contribution in [-0.2, 0) is 6.42 Å². The van der Waals surface area contributed by atoms with Crippen LogP contribution < -0.4 is 10.3 Å². The van der Waals surface area contributed by atoms with Crippen molar-refractivity contribution in [3.63, 3.8) is 0 Å². The van der Waals surface area contributed by atoms with Gasteiger partial charge in [0.15, 0.2) is 0 Å². The molecule has 3 aromatic carbocycles. The minimum atomic E-state index is -0.154. The van der Waals surface area contributed by atoms with E-state index in [0.29, 0.717) is 23.3 Å². The third-order valence-electron chi connectivity index (χ3n) is 4.87. The smallest absolute Gasteiger partial charge is 0.259 e. The molecular weight excluding hydrogens is 372 g/mol. The summed E-state index contributed by atoms with van der Waals surface area (Å²) in [5.41, 5.74) is 3.47. The van der Waals surface area contributed by atoms with E-state index in [0.717, 1.165) is 29.7 Å². The monoisotopic (exact) mass is 396 g/mol. The van der Waals surface area contributed by atoms with Gasteiger partial charge in [0, 0.05) is 5.56 Å². The Kier molecular flexibility index (Phi) is 6.04. The molecule has 4 nitrogen and oxygen atoms in total. The summed E-state index contributed by atoms with van der Waals surface area (Å²) in [5, 5.41) is 0.576. The maximum atomic E-state index is 12.8. The van der Waals surface area contributed by atoms with Crippen molar-refractivity contribution in [1.29, 1.82) is 0 Å².